The van der Waals surface area contributed by atoms with Gasteiger partial charge < -0.3 is 14.9 Å². The van der Waals surface area contributed by atoms with E-state index in [2.05, 4.69) is 0 Å². The molecule has 1 aromatic rings. The molecule has 1 saturated heterocycles. The Kier molecular flexibility index (Phi) is 6.70. The monoisotopic (exact) mass is 346 g/mol. The lowest BCUT2D eigenvalue weighted by Crippen LogP contribution is -2.43. The molecule has 1 aliphatic heterocycles. The van der Waals surface area contributed by atoms with Gasteiger partial charge in [-0.05, 0) is 26.9 Å². The molecular formula is C19H26N2O4. The molecule has 0 radical (unpaired) electrons. The van der Waals surface area contributed by atoms with Gasteiger partial charge >= 0.3 is 5.97 Å². The maximum Gasteiger partial charge on any atom is 0.308 e. The fourth-order valence-electron chi connectivity index (χ4n) is 3.14. The molecule has 0 spiro atoms. The van der Waals surface area contributed by atoms with Crippen LogP contribution in [0.25, 0.3) is 0 Å². The summed E-state index contributed by atoms with van der Waals surface area (Å²) in [6.07, 6.45) is 1.56. The van der Waals surface area contributed by atoms with Crippen molar-refractivity contribution >= 4 is 17.7 Å². The quantitative estimate of drug-likeness (QED) is 0.796. The molecule has 0 aromatic heterocycles. The number of hydrogen-bond acceptors (Lipinski definition) is 4. The van der Waals surface area contributed by atoms with Gasteiger partial charge in [-0.2, -0.15) is 0 Å². The Balaban J connectivity index is 1.99. The molecule has 1 N–H and O–H groups in total. The first kappa shape index (κ1) is 19.1. The first-order valence-corrected chi connectivity index (χ1v) is 8.63. The number of Topliss-reactive ketones (excluding diaryl/α,β-unsaturated/α-hetero) is 1. The van der Waals surface area contributed by atoms with Crippen molar-refractivity contribution in [2.24, 2.45) is 5.92 Å². The van der Waals surface area contributed by atoms with Crippen molar-refractivity contribution in [1.82, 2.24) is 9.80 Å². The van der Waals surface area contributed by atoms with Gasteiger partial charge in [0.25, 0.3) is 0 Å². The number of rotatable bonds is 6. The molecule has 1 amide bonds. The van der Waals surface area contributed by atoms with E-state index in [0.717, 1.165) is 6.42 Å². The summed E-state index contributed by atoms with van der Waals surface area (Å²) < 4.78 is 0. The molecule has 1 aromatic carbocycles. The number of likely N-dealkylation sites (N-methyl/N-ethyl adjacent to an activating group) is 1. The number of carbonyl (C=O) groups excluding carboxylic acids is 2. The smallest absolute Gasteiger partial charge is 0.308 e. The number of amides is 1. The number of hydrogen-bond donors (Lipinski definition) is 1. The Hall–Kier alpha value is -2.21. The third kappa shape index (κ3) is 5.39. The van der Waals surface area contributed by atoms with Gasteiger partial charge in [0.1, 0.15) is 0 Å². The second kappa shape index (κ2) is 8.76. The Labute approximate surface area is 148 Å². The van der Waals surface area contributed by atoms with Crippen LogP contribution in [0.4, 0.5) is 0 Å². The molecule has 6 nitrogen and oxygen atoms in total. The maximum atomic E-state index is 12.6. The van der Waals surface area contributed by atoms with Crippen LogP contribution < -0.4 is 0 Å². The fourth-order valence-corrected chi connectivity index (χ4v) is 3.14. The van der Waals surface area contributed by atoms with Gasteiger partial charge in [-0.1, -0.05) is 30.3 Å². The Morgan fingerprint density at radius 3 is 2.36 bits per heavy atom. The largest absolute Gasteiger partial charge is 0.481 e. The van der Waals surface area contributed by atoms with E-state index in [-0.39, 0.29) is 37.1 Å². The maximum absolute atomic E-state index is 12.6. The molecule has 1 heterocycles. The molecule has 0 bridgehead atoms. The lowest BCUT2D eigenvalue weighted by Gasteiger charge is -2.28. The molecule has 1 fully saturated rings. The molecule has 2 atom stereocenters. The number of carboxylic acid groups (broad SMARTS) is 1. The lowest BCUT2D eigenvalue weighted by atomic mass is 10.0. The van der Waals surface area contributed by atoms with Gasteiger partial charge in [-0.25, -0.2) is 0 Å². The molecule has 6 heteroatoms. The SMILES string of the molecule is CN(C)[C@@H]1CC[C@H](C(=O)O)CN(C(=O)CCC(=O)c2ccccc2)C1. The van der Waals surface area contributed by atoms with Gasteiger partial charge in [0, 0.05) is 37.5 Å². The number of benzene rings is 1. The molecule has 0 saturated carbocycles. The standard InChI is InChI=1S/C19H26N2O4/c1-20(2)16-9-8-15(19(24)25)12-21(13-16)18(23)11-10-17(22)14-6-4-3-5-7-14/h3-7,15-16H,8-13H2,1-2H3,(H,24,25)/t15-,16+/m0/s1. The first-order valence-electron chi connectivity index (χ1n) is 8.63. The third-order valence-electron chi connectivity index (χ3n) is 4.81. The van der Waals surface area contributed by atoms with Crippen LogP contribution in [0.1, 0.15) is 36.0 Å². The van der Waals surface area contributed by atoms with E-state index in [1.165, 1.54) is 0 Å². The zero-order chi connectivity index (χ0) is 18.4. The zero-order valence-electron chi connectivity index (χ0n) is 14.9. The summed E-state index contributed by atoms with van der Waals surface area (Å²) in [6, 6.07) is 9.04. The number of likely N-dealkylation sites (tertiary alicyclic amines) is 1. The minimum atomic E-state index is -0.863. The average Bonchev–Trinajstić information content (AvgIpc) is 2.83. The van der Waals surface area contributed by atoms with Crippen molar-refractivity contribution < 1.29 is 19.5 Å². The Morgan fingerprint density at radius 1 is 1.08 bits per heavy atom. The van der Waals surface area contributed by atoms with E-state index in [0.29, 0.717) is 18.5 Å². The summed E-state index contributed by atoms with van der Waals surface area (Å²) in [4.78, 5) is 39.8. The summed E-state index contributed by atoms with van der Waals surface area (Å²) in [5.74, 6) is -1.62. The summed E-state index contributed by atoms with van der Waals surface area (Å²) >= 11 is 0. The molecule has 136 valence electrons. The third-order valence-corrected chi connectivity index (χ3v) is 4.81. The van der Waals surface area contributed by atoms with Crippen LogP contribution in [0.5, 0.6) is 0 Å². The molecule has 1 aliphatic rings. The van der Waals surface area contributed by atoms with E-state index >= 15 is 0 Å². The summed E-state index contributed by atoms with van der Waals surface area (Å²) in [7, 11) is 3.88. The van der Waals surface area contributed by atoms with Gasteiger partial charge in [0.15, 0.2) is 5.78 Å². The minimum Gasteiger partial charge on any atom is -0.481 e. The van der Waals surface area contributed by atoms with E-state index in [9.17, 15) is 19.5 Å². The van der Waals surface area contributed by atoms with Crippen LogP contribution in [0.2, 0.25) is 0 Å². The highest BCUT2D eigenvalue weighted by Gasteiger charge is 2.31. The van der Waals surface area contributed by atoms with Gasteiger partial charge in [0.05, 0.1) is 5.92 Å². The molecular weight excluding hydrogens is 320 g/mol. The van der Waals surface area contributed by atoms with Crippen LogP contribution in [0, 0.1) is 5.92 Å². The topological polar surface area (TPSA) is 77.9 Å². The normalized spacial score (nSPS) is 21.0. The first-order chi connectivity index (χ1) is 11.9. The molecule has 2 rings (SSSR count). The van der Waals surface area contributed by atoms with E-state index in [1.807, 2.05) is 25.1 Å². The van der Waals surface area contributed by atoms with Crippen molar-refractivity contribution in [1.29, 1.82) is 0 Å². The van der Waals surface area contributed by atoms with Crippen LogP contribution >= 0.6 is 0 Å². The lowest BCUT2D eigenvalue weighted by molar-refractivity contribution is -0.143. The summed E-state index contributed by atoms with van der Waals surface area (Å²) in [5.41, 5.74) is 0.598. The van der Waals surface area contributed by atoms with E-state index in [4.69, 9.17) is 0 Å². The second-order valence-corrected chi connectivity index (χ2v) is 6.82. The fraction of sp³-hybridized carbons (Fsp3) is 0.526. The van der Waals surface area contributed by atoms with Crippen molar-refractivity contribution in [2.45, 2.75) is 31.7 Å². The van der Waals surface area contributed by atoms with E-state index < -0.39 is 11.9 Å². The minimum absolute atomic E-state index is 0.0669. The van der Waals surface area contributed by atoms with Gasteiger partial charge in [-0.3, -0.25) is 14.4 Å². The van der Waals surface area contributed by atoms with Crippen LogP contribution in [-0.4, -0.2) is 65.8 Å². The predicted octanol–water partition coefficient (Wildman–Crippen LogP) is 1.90. The van der Waals surface area contributed by atoms with Crippen LogP contribution in [0.3, 0.4) is 0 Å². The predicted molar refractivity (Wildman–Crippen MR) is 94.4 cm³/mol. The Bertz CT molecular complexity index is 615. The number of aliphatic carboxylic acids is 1. The molecule has 0 aliphatic carbocycles. The highest BCUT2D eigenvalue weighted by Crippen LogP contribution is 2.20. The number of ketones is 1. The van der Waals surface area contributed by atoms with Crippen LogP contribution in [0.15, 0.2) is 30.3 Å². The summed E-state index contributed by atoms with van der Waals surface area (Å²) in [6.45, 7) is 0.729. The van der Waals surface area contributed by atoms with Crippen molar-refractivity contribution in [2.75, 3.05) is 27.2 Å². The van der Waals surface area contributed by atoms with Crippen molar-refractivity contribution in [3.63, 3.8) is 0 Å². The van der Waals surface area contributed by atoms with Crippen LogP contribution in [-0.2, 0) is 9.59 Å². The number of nitrogens with zero attached hydrogens (tertiary/aromatic N) is 2. The van der Waals surface area contributed by atoms with Gasteiger partial charge in [-0.15, -0.1) is 0 Å². The second-order valence-electron chi connectivity index (χ2n) is 6.82. The average molecular weight is 346 g/mol. The summed E-state index contributed by atoms with van der Waals surface area (Å²) in [5, 5.41) is 9.35. The Morgan fingerprint density at radius 2 is 1.76 bits per heavy atom. The molecule has 25 heavy (non-hydrogen) atoms. The number of carbonyl (C=O) groups is 3. The zero-order valence-corrected chi connectivity index (χ0v) is 14.9. The van der Waals surface area contributed by atoms with E-state index in [1.54, 1.807) is 29.2 Å². The van der Waals surface area contributed by atoms with Gasteiger partial charge in [0.2, 0.25) is 5.91 Å². The number of carboxylic acids is 1. The van der Waals surface area contributed by atoms with Crippen molar-refractivity contribution in [3.8, 4) is 0 Å². The highest BCUT2D eigenvalue weighted by molar-refractivity contribution is 5.97. The van der Waals surface area contributed by atoms with Crippen molar-refractivity contribution in [3.05, 3.63) is 35.9 Å². The molecule has 0 unspecified atom stereocenters. The highest BCUT2D eigenvalue weighted by atomic mass is 16.4.